The van der Waals surface area contributed by atoms with Gasteiger partial charge in [-0.1, -0.05) is 29.3 Å². The van der Waals surface area contributed by atoms with Gasteiger partial charge in [0.25, 0.3) is 0 Å². The second-order valence-electron chi connectivity index (χ2n) is 5.68. The molecule has 0 aromatic heterocycles. The molecular weight excluding hydrogens is 288 g/mol. The van der Waals surface area contributed by atoms with Gasteiger partial charge in [0.1, 0.15) is 9.84 Å². The maximum absolute atomic E-state index is 12.0. The third-order valence-electron chi connectivity index (χ3n) is 3.24. The number of rotatable bonds is 6. The van der Waals surface area contributed by atoms with Crippen molar-refractivity contribution >= 4 is 15.7 Å². The minimum Gasteiger partial charge on any atom is -0.348 e. The first-order chi connectivity index (χ1) is 9.58. The van der Waals surface area contributed by atoms with Gasteiger partial charge in [-0.25, -0.2) is 8.42 Å². The Morgan fingerprint density at radius 2 is 1.76 bits per heavy atom. The van der Waals surface area contributed by atoms with Gasteiger partial charge in [-0.15, -0.1) is 0 Å². The number of hydrogen-bond donors (Lipinski definition) is 2. The van der Waals surface area contributed by atoms with Gasteiger partial charge >= 0.3 is 0 Å². The van der Waals surface area contributed by atoms with Crippen molar-refractivity contribution in [1.82, 2.24) is 5.32 Å². The van der Waals surface area contributed by atoms with Crippen molar-refractivity contribution in [2.45, 2.75) is 39.3 Å². The van der Waals surface area contributed by atoms with Gasteiger partial charge in [-0.3, -0.25) is 4.79 Å². The summed E-state index contributed by atoms with van der Waals surface area (Å²) < 4.78 is 22.2. The van der Waals surface area contributed by atoms with Gasteiger partial charge in [0.15, 0.2) is 0 Å². The van der Waals surface area contributed by atoms with Gasteiger partial charge in [-0.2, -0.15) is 0 Å². The summed E-state index contributed by atoms with van der Waals surface area (Å²) in [5, 5.41) is 2.83. The monoisotopic (exact) mass is 312 g/mol. The fourth-order valence-electron chi connectivity index (χ4n) is 2.14. The molecule has 1 rings (SSSR count). The van der Waals surface area contributed by atoms with E-state index >= 15 is 0 Å². The summed E-state index contributed by atoms with van der Waals surface area (Å²) in [4.78, 5) is 12.0. The Hall–Kier alpha value is -1.40. The van der Waals surface area contributed by atoms with E-state index in [1.54, 1.807) is 0 Å². The lowest BCUT2D eigenvalue weighted by molar-refractivity contribution is -0.123. The smallest absolute Gasteiger partial charge is 0.237 e. The number of nitrogens with two attached hydrogens (primary N) is 1. The number of amides is 1. The molecule has 1 amide bonds. The van der Waals surface area contributed by atoms with E-state index in [1.807, 2.05) is 32.9 Å². The SMILES string of the molecule is Cc1cc(C)cc(C(C)NC(=O)C(N)CCS(C)(=O)=O)c1. The van der Waals surface area contributed by atoms with Gasteiger partial charge in [0.05, 0.1) is 17.8 Å². The quantitative estimate of drug-likeness (QED) is 0.827. The van der Waals surface area contributed by atoms with E-state index in [9.17, 15) is 13.2 Å². The van der Waals surface area contributed by atoms with Crippen LogP contribution in [0.3, 0.4) is 0 Å². The Labute approximate surface area is 126 Å². The van der Waals surface area contributed by atoms with Gasteiger partial charge in [0.2, 0.25) is 5.91 Å². The topological polar surface area (TPSA) is 89.3 Å². The van der Waals surface area contributed by atoms with E-state index in [1.165, 1.54) is 0 Å². The fourth-order valence-corrected chi connectivity index (χ4v) is 2.82. The molecule has 0 aliphatic carbocycles. The molecule has 2 atom stereocenters. The minimum absolute atomic E-state index is 0.0838. The first-order valence-electron chi connectivity index (χ1n) is 6.90. The van der Waals surface area contributed by atoms with Crippen LogP contribution < -0.4 is 11.1 Å². The Kier molecular flexibility index (Phi) is 5.92. The Morgan fingerprint density at radius 3 is 2.24 bits per heavy atom. The lowest BCUT2D eigenvalue weighted by atomic mass is 10.0. The summed E-state index contributed by atoms with van der Waals surface area (Å²) in [6, 6.07) is 5.11. The summed E-state index contributed by atoms with van der Waals surface area (Å²) in [6.45, 7) is 5.89. The first kappa shape index (κ1) is 17.7. The standard InChI is InChI=1S/C15H24N2O3S/c1-10-7-11(2)9-13(8-10)12(3)17-15(18)14(16)5-6-21(4,19)20/h7-9,12,14H,5-6,16H2,1-4H3,(H,17,18). The van der Waals surface area contributed by atoms with Crippen LogP contribution in [0, 0.1) is 13.8 Å². The number of sulfone groups is 1. The highest BCUT2D eigenvalue weighted by Crippen LogP contribution is 2.16. The zero-order valence-electron chi connectivity index (χ0n) is 13.0. The van der Waals surface area contributed by atoms with Crippen LogP contribution in [0.15, 0.2) is 18.2 Å². The Morgan fingerprint density at radius 1 is 1.24 bits per heavy atom. The molecule has 0 radical (unpaired) electrons. The molecule has 0 aliphatic rings. The van der Waals surface area contributed by atoms with E-state index in [-0.39, 0.29) is 24.1 Å². The predicted octanol–water partition coefficient (Wildman–Crippen LogP) is 1.24. The maximum atomic E-state index is 12.0. The molecule has 5 nitrogen and oxygen atoms in total. The van der Waals surface area contributed by atoms with Crippen LogP contribution in [0.25, 0.3) is 0 Å². The molecule has 1 aromatic rings. The van der Waals surface area contributed by atoms with Crippen LogP contribution in [-0.2, 0) is 14.6 Å². The van der Waals surface area contributed by atoms with Crippen LogP contribution in [0.4, 0.5) is 0 Å². The molecule has 0 aliphatic heterocycles. The fraction of sp³-hybridized carbons (Fsp3) is 0.533. The van der Waals surface area contributed by atoms with Crippen molar-refractivity contribution in [2.75, 3.05) is 12.0 Å². The molecule has 0 heterocycles. The van der Waals surface area contributed by atoms with Crippen LogP contribution in [-0.4, -0.2) is 32.4 Å². The summed E-state index contributed by atoms with van der Waals surface area (Å²) in [7, 11) is -3.10. The predicted molar refractivity (Wildman–Crippen MR) is 84.8 cm³/mol. The number of benzene rings is 1. The minimum atomic E-state index is -3.10. The van der Waals surface area contributed by atoms with E-state index in [0.29, 0.717) is 0 Å². The zero-order chi connectivity index (χ0) is 16.2. The van der Waals surface area contributed by atoms with Crippen molar-refractivity contribution in [3.63, 3.8) is 0 Å². The average Bonchev–Trinajstić information content (AvgIpc) is 2.33. The van der Waals surface area contributed by atoms with Crippen LogP contribution in [0.2, 0.25) is 0 Å². The van der Waals surface area contributed by atoms with E-state index in [4.69, 9.17) is 5.73 Å². The number of carbonyl (C=O) groups is 1. The third-order valence-corrected chi connectivity index (χ3v) is 4.22. The summed E-state index contributed by atoms with van der Waals surface area (Å²) in [5.74, 6) is -0.412. The first-order valence-corrected chi connectivity index (χ1v) is 8.96. The number of hydrogen-bond acceptors (Lipinski definition) is 4. The molecule has 118 valence electrons. The van der Waals surface area contributed by atoms with Crippen molar-refractivity contribution in [2.24, 2.45) is 5.73 Å². The normalized spacial score (nSPS) is 14.5. The maximum Gasteiger partial charge on any atom is 0.237 e. The zero-order valence-corrected chi connectivity index (χ0v) is 13.8. The summed E-state index contributed by atoms with van der Waals surface area (Å²) in [5.41, 5.74) is 9.01. The van der Waals surface area contributed by atoms with Crippen molar-refractivity contribution < 1.29 is 13.2 Å². The number of nitrogens with one attached hydrogen (secondary N) is 1. The summed E-state index contributed by atoms with van der Waals surface area (Å²) >= 11 is 0. The molecule has 0 saturated heterocycles. The van der Waals surface area contributed by atoms with Gasteiger partial charge in [-0.05, 0) is 32.8 Å². The molecule has 0 fully saturated rings. The van der Waals surface area contributed by atoms with Gasteiger partial charge in [0, 0.05) is 6.26 Å². The van der Waals surface area contributed by atoms with E-state index < -0.39 is 15.9 Å². The molecule has 21 heavy (non-hydrogen) atoms. The second-order valence-corrected chi connectivity index (χ2v) is 7.94. The molecule has 2 unspecified atom stereocenters. The van der Waals surface area contributed by atoms with Crippen LogP contribution >= 0.6 is 0 Å². The highest BCUT2D eigenvalue weighted by molar-refractivity contribution is 7.90. The van der Waals surface area contributed by atoms with Crippen LogP contribution in [0.5, 0.6) is 0 Å². The van der Waals surface area contributed by atoms with Gasteiger partial charge < -0.3 is 11.1 Å². The lowest BCUT2D eigenvalue weighted by Gasteiger charge is -2.18. The van der Waals surface area contributed by atoms with Crippen LogP contribution in [0.1, 0.15) is 36.1 Å². The molecule has 3 N–H and O–H groups in total. The highest BCUT2D eigenvalue weighted by Gasteiger charge is 2.18. The molecular formula is C15H24N2O3S. The Bertz CT molecular complexity index is 591. The summed E-state index contributed by atoms with van der Waals surface area (Å²) in [6.07, 6.45) is 1.26. The number of aryl methyl sites for hydroxylation is 2. The van der Waals surface area contributed by atoms with E-state index in [0.717, 1.165) is 22.9 Å². The largest absolute Gasteiger partial charge is 0.348 e. The average molecular weight is 312 g/mol. The lowest BCUT2D eigenvalue weighted by Crippen LogP contribution is -2.42. The molecule has 1 aromatic carbocycles. The molecule has 6 heteroatoms. The van der Waals surface area contributed by atoms with E-state index in [2.05, 4.69) is 11.4 Å². The van der Waals surface area contributed by atoms with Crippen molar-refractivity contribution in [3.8, 4) is 0 Å². The highest BCUT2D eigenvalue weighted by atomic mass is 32.2. The van der Waals surface area contributed by atoms with Crippen molar-refractivity contribution in [3.05, 3.63) is 34.9 Å². The van der Waals surface area contributed by atoms with Crippen molar-refractivity contribution in [1.29, 1.82) is 0 Å². The third kappa shape index (κ3) is 6.27. The second kappa shape index (κ2) is 7.04. The number of carbonyl (C=O) groups excluding carboxylic acids is 1. The molecule has 0 spiro atoms. The molecule has 0 bridgehead atoms. The molecule has 0 saturated carbocycles. The Balaban J connectivity index is 2.65.